The molecule has 0 radical (unpaired) electrons. The van der Waals surface area contributed by atoms with Gasteiger partial charge in [0.25, 0.3) is 5.91 Å². The molecule has 2 unspecified atom stereocenters. The highest BCUT2D eigenvalue weighted by molar-refractivity contribution is 7.90. The van der Waals surface area contributed by atoms with Gasteiger partial charge in [0.1, 0.15) is 23.7 Å². The number of halogens is 1. The zero-order chi connectivity index (χ0) is 25.7. The molecule has 0 aliphatic carbocycles. The van der Waals surface area contributed by atoms with Gasteiger partial charge in [0.15, 0.2) is 15.6 Å². The van der Waals surface area contributed by atoms with Crippen LogP contribution < -0.4 is 4.90 Å². The van der Waals surface area contributed by atoms with E-state index in [1.54, 1.807) is 51.1 Å². The van der Waals surface area contributed by atoms with Crippen LogP contribution in [-0.2, 0) is 24.2 Å². The Kier molecular flexibility index (Phi) is 5.96. The lowest BCUT2D eigenvalue weighted by Crippen LogP contribution is -2.36. The quantitative estimate of drug-likeness (QED) is 0.299. The molecule has 2 aromatic carbocycles. The van der Waals surface area contributed by atoms with Gasteiger partial charge in [-0.2, -0.15) is 0 Å². The van der Waals surface area contributed by atoms with Crippen molar-refractivity contribution in [1.82, 2.24) is 5.16 Å². The number of anilines is 1. The van der Waals surface area contributed by atoms with Gasteiger partial charge in [0.05, 0.1) is 10.9 Å². The van der Waals surface area contributed by atoms with E-state index in [-0.39, 0.29) is 16.1 Å². The minimum atomic E-state index is -3.90. The maximum Gasteiger partial charge on any atom is 0.295 e. The summed E-state index contributed by atoms with van der Waals surface area (Å²) in [6, 6.07) is 9.71. The van der Waals surface area contributed by atoms with Gasteiger partial charge < -0.3 is 4.52 Å². The van der Waals surface area contributed by atoms with E-state index in [0.29, 0.717) is 11.3 Å². The summed E-state index contributed by atoms with van der Waals surface area (Å²) in [7, 11) is -3.90. The SMILES string of the molecule is CC(C)(C)C(=O)C1C(=O)C(=O)N(c2ccc(-c3ccon3)cc2)C1c1cc(F)ccc1S(C)(=O)=O. The van der Waals surface area contributed by atoms with Crippen molar-refractivity contribution >= 4 is 33.0 Å². The van der Waals surface area contributed by atoms with Crippen molar-refractivity contribution < 1.29 is 31.7 Å². The van der Waals surface area contributed by atoms with Crippen molar-refractivity contribution in [3.05, 3.63) is 66.2 Å². The van der Waals surface area contributed by atoms with Crippen LogP contribution in [0.4, 0.5) is 10.1 Å². The summed E-state index contributed by atoms with van der Waals surface area (Å²) in [5, 5.41) is 3.85. The summed E-state index contributed by atoms with van der Waals surface area (Å²) in [6.45, 7) is 4.80. The number of sulfone groups is 1. The van der Waals surface area contributed by atoms with E-state index >= 15 is 0 Å². The van der Waals surface area contributed by atoms with Crippen LogP contribution in [0.3, 0.4) is 0 Å². The van der Waals surface area contributed by atoms with Crippen LogP contribution in [0.1, 0.15) is 32.4 Å². The number of benzene rings is 2. The molecule has 1 aliphatic rings. The van der Waals surface area contributed by atoms with Crippen molar-refractivity contribution in [2.75, 3.05) is 11.2 Å². The molecule has 1 saturated heterocycles. The van der Waals surface area contributed by atoms with Crippen molar-refractivity contribution in [3.8, 4) is 11.3 Å². The van der Waals surface area contributed by atoms with Crippen LogP contribution in [0.5, 0.6) is 0 Å². The summed E-state index contributed by atoms with van der Waals surface area (Å²) in [4.78, 5) is 40.6. The average molecular weight is 499 g/mol. The second-order valence-corrected chi connectivity index (χ2v) is 11.4. The number of aromatic nitrogens is 1. The third kappa shape index (κ3) is 4.41. The zero-order valence-electron chi connectivity index (χ0n) is 19.5. The molecule has 0 N–H and O–H groups in total. The molecule has 0 spiro atoms. The van der Waals surface area contributed by atoms with Gasteiger partial charge in [0, 0.05) is 29.0 Å². The van der Waals surface area contributed by atoms with Gasteiger partial charge in [-0.05, 0) is 35.9 Å². The van der Waals surface area contributed by atoms with Gasteiger partial charge in [-0.1, -0.05) is 38.1 Å². The Bertz CT molecular complexity index is 1420. The lowest BCUT2D eigenvalue weighted by atomic mass is 9.77. The topological polar surface area (TPSA) is 115 Å². The van der Waals surface area contributed by atoms with Crippen LogP contribution in [-0.4, -0.2) is 37.3 Å². The molecular formula is C25H23FN2O6S. The Balaban J connectivity index is 1.94. The van der Waals surface area contributed by atoms with E-state index < -0.39 is 50.5 Å². The van der Waals surface area contributed by atoms with Crippen molar-refractivity contribution in [2.45, 2.75) is 31.7 Å². The first kappa shape index (κ1) is 24.5. The highest BCUT2D eigenvalue weighted by Crippen LogP contribution is 2.45. The van der Waals surface area contributed by atoms with E-state index in [0.717, 1.165) is 29.4 Å². The van der Waals surface area contributed by atoms with E-state index in [4.69, 9.17) is 4.52 Å². The first-order chi connectivity index (χ1) is 16.3. The minimum Gasteiger partial charge on any atom is -0.364 e. The predicted octanol–water partition coefficient (Wildman–Crippen LogP) is 3.77. The maximum atomic E-state index is 14.4. The van der Waals surface area contributed by atoms with Crippen LogP contribution >= 0.6 is 0 Å². The Hall–Kier alpha value is -3.66. The number of carbonyl (C=O) groups is 3. The molecular weight excluding hydrogens is 475 g/mol. The third-order valence-corrected chi connectivity index (χ3v) is 7.07. The Morgan fingerprint density at radius 1 is 1.06 bits per heavy atom. The molecule has 4 rings (SSSR count). The summed E-state index contributed by atoms with van der Waals surface area (Å²) in [5.74, 6) is -4.77. The molecule has 182 valence electrons. The minimum absolute atomic E-state index is 0.130. The highest BCUT2D eigenvalue weighted by Gasteiger charge is 2.55. The van der Waals surface area contributed by atoms with Crippen LogP contribution in [0.15, 0.2) is 64.2 Å². The Labute approximate surface area is 201 Å². The molecule has 2 heterocycles. The van der Waals surface area contributed by atoms with Crippen molar-refractivity contribution in [2.24, 2.45) is 11.3 Å². The molecule has 8 nitrogen and oxygen atoms in total. The summed E-state index contributed by atoms with van der Waals surface area (Å²) < 4.78 is 44.4. The predicted molar refractivity (Wildman–Crippen MR) is 125 cm³/mol. The van der Waals surface area contributed by atoms with E-state index in [1.165, 1.54) is 6.26 Å². The number of amides is 1. The number of rotatable bonds is 5. The monoisotopic (exact) mass is 498 g/mol. The fourth-order valence-corrected chi connectivity index (χ4v) is 5.16. The molecule has 10 heteroatoms. The number of ketones is 2. The lowest BCUT2D eigenvalue weighted by molar-refractivity contribution is -0.141. The van der Waals surface area contributed by atoms with Gasteiger partial charge in [-0.25, -0.2) is 12.8 Å². The fourth-order valence-electron chi connectivity index (χ4n) is 4.24. The van der Waals surface area contributed by atoms with Crippen molar-refractivity contribution in [3.63, 3.8) is 0 Å². The molecule has 1 aliphatic heterocycles. The standard InChI is InChI=1S/C25H23FN2O6S/c1-25(2,3)23(30)20-21(17-13-15(26)7-10-19(17)35(4,32)33)28(24(31)22(20)29)16-8-5-14(6-9-16)18-11-12-34-27-18/h5-13,20-21H,1-4H3. The first-order valence-corrected chi connectivity index (χ1v) is 12.6. The van der Waals surface area contributed by atoms with Gasteiger partial charge in [-0.15, -0.1) is 0 Å². The number of carbonyl (C=O) groups excluding carboxylic acids is 3. The number of hydrogen-bond donors (Lipinski definition) is 0. The molecule has 0 bridgehead atoms. The maximum absolute atomic E-state index is 14.4. The summed E-state index contributed by atoms with van der Waals surface area (Å²) in [5.41, 5.74) is 0.303. The smallest absolute Gasteiger partial charge is 0.295 e. The Morgan fingerprint density at radius 3 is 2.26 bits per heavy atom. The van der Waals surface area contributed by atoms with Crippen LogP contribution in [0.25, 0.3) is 11.3 Å². The first-order valence-electron chi connectivity index (χ1n) is 10.7. The number of nitrogens with zero attached hydrogens (tertiary/aromatic N) is 2. The van der Waals surface area contributed by atoms with E-state index in [2.05, 4.69) is 5.16 Å². The Morgan fingerprint density at radius 2 is 1.71 bits per heavy atom. The van der Waals surface area contributed by atoms with Crippen molar-refractivity contribution in [1.29, 1.82) is 0 Å². The van der Waals surface area contributed by atoms with Gasteiger partial charge in [0.2, 0.25) is 5.78 Å². The molecule has 1 amide bonds. The fraction of sp³-hybridized carbons (Fsp3) is 0.280. The zero-order valence-corrected chi connectivity index (χ0v) is 20.3. The summed E-state index contributed by atoms with van der Waals surface area (Å²) in [6.07, 6.45) is 2.35. The van der Waals surface area contributed by atoms with Gasteiger partial charge in [-0.3, -0.25) is 19.3 Å². The van der Waals surface area contributed by atoms with Crippen LogP contribution in [0.2, 0.25) is 0 Å². The highest BCUT2D eigenvalue weighted by atomic mass is 32.2. The largest absolute Gasteiger partial charge is 0.364 e. The summed E-state index contributed by atoms with van der Waals surface area (Å²) >= 11 is 0. The van der Waals surface area contributed by atoms with E-state index in [1.807, 2.05) is 0 Å². The third-order valence-electron chi connectivity index (χ3n) is 5.90. The second-order valence-electron chi connectivity index (χ2n) is 9.46. The molecule has 1 aromatic heterocycles. The van der Waals surface area contributed by atoms with Crippen LogP contribution in [0, 0.1) is 17.2 Å². The number of hydrogen-bond acceptors (Lipinski definition) is 7. The van der Waals surface area contributed by atoms with E-state index in [9.17, 15) is 27.2 Å². The number of Topliss-reactive ketones (excluding diaryl/α,β-unsaturated/α-hetero) is 2. The normalized spacial score (nSPS) is 18.8. The lowest BCUT2D eigenvalue weighted by Gasteiger charge is -2.31. The average Bonchev–Trinajstić information content (AvgIpc) is 3.39. The molecule has 3 aromatic rings. The molecule has 35 heavy (non-hydrogen) atoms. The van der Waals surface area contributed by atoms with Gasteiger partial charge >= 0.3 is 0 Å². The molecule has 1 fully saturated rings. The molecule has 2 atom stereocenters. The molecule has 0 saturated carbocycles. The second kappa shape index (κ2) is 8.53.